The molecule has 172 valence electrons. The standard InChI is InChI=1S/C22H31NO8/c1-12(13(2)29-21(27)22(5,6)7)28-20(26)17(23)10-16-8-9-18(30-14(3)24)19(11-16)31-15(4)25/h8-9,11-13,17H,10,23H2,1-7H3/t12-,13-,17-/m0/s1. The molecule has 3 atom stereocenters. The van der Waals surface area contributed by atoms with Crippen LogP contribution in [0.2, 0.25) is 0 Å². The van der Waals surface area contributed by atoms with Gasteiger partial charge in [0, 0.05) is 13.8 Å². The Labute approximate surface area is 182 Å². The third kappa shape index (κ3) is 8.75. The van der Waals surface area contributed by atoms with E-state index in [9.17, 15) is 19.2 Å². The molecular formula is C22H31NO8. The van der Waals surface area contributed by atoms with Crippen molar-refractivity contribution in [3.63, 3.8) is 0 Å². The van der Waals surface area contributed by atoms with Gasteiger partial charge in [0.1, 0.15) is 18.2 Å². The zero-order valence-electron chi connectivity index (χ0n) is 19.0. The maximum absolute atomic E-state index is 12.4. The molecule has 9 nitrogen and oxygen atoms in total. The van der Waals surface area contributed by atoms with E-state index in [2.05, 4.69) is 0 Å². The highest BCUT2D eigenvalue weighted by Crippen LogP contribution is 2.29. The molecule has 31 heavy (non-hydrogen) atoms. The molecule has 0 aliphatic carbocycles. The quantitative estimate of drug-likeness (QED) is 0.481. The van der Waals surface area contributed by atoms with Crippen molar-refractivity contribution in [2.45, 2.75) is 73.1 Å². The van der Waals surface area contributed by atoms with Gasteiger partial charge in [0.2, 0.25) is 0 Å². The lowest BCUT2D eigenvalue weighted by atomic mass is 9.97. The molecule has 0 aromatic heterocycles. The summed E-state index contributed by atoms with van der Waals surface area (Å²) in [6.07, 6.45) is -1.27. The monoisotopic (exact) mass is 437 g/mol. The summed E-state index contributed by atoms with van der Waals surface area (Å²) in [5, 5.41) is 0. The summed E-state index contributed by atoms with van der Waals surface area (Å²) in [7, 11) is 0. The number of esters is 4. The average molecular weight is 437 g/mol. The summed E-state index contributed by atoms with van der Waals surface area (Å²) in [6.45, 7) is 10.9. The highest BCUT2D eigenvalue weighted by Gasteiger charge is 2.29. The molecule has 2 N–H and O–H groups in total. The summed E-state index contributed by atoms with van der Waals surface area (Å²) in [6, 6.07) is 3.49. The molecule has 0 aliphatic rings. The Morgan fingerprint density at radius 3 is 1.94 bits per heavy atom. The number of carbonyl (C=O) groups is 4. The fourth-order valence-electron chi connectivity index (χ4n) is 2.30. The van der Waals surface area contributed by atoms with Gasteiger partial charge in [-0.2, -0.15) is 0 Å². The van der Waals surface area contributed by atoms with Gasteiger partial charge < -0.3 is 24.7 Å². The Hall–Kier alpha value is -2.94. The van der Waals surface area contributed by atoms with Crippen LogP contribution in [0.15, 0.2) is 18.2 Å². The van der Waals surface area contributed by atoms with Gasteiger partial charge in [0.15, 0.2) is 11.5 Å². The van der Waals surface area contributed by atoms with Crippen LogP contribution >= 0.6 is 0 Å². The molecule has 0 unspecified atom stereocenters. The minimum atomic E-state index is -1.02. The fourth-order valence-corrected chi connectivity index (χ4v) is 2.30. The third-order valence-electron chi connectivity index (χ3n) is 4.14. The van der Waals surface area contributed by atoms with Gasteiger partial charge in [0.05, 0.1) is 5.41 Å². The van der Waals surface area contributed by atoms with Crippen molar-refractivity contribution < 1.29 is 38.1 Å². The molecule has 0 fully saturated rings. The zero-order chi connectivity index (χ0) is 23.9. The van der Waals surface area contributed by atoms with E-state index in [0.29, 0.717) is 5.56 Å². The first-order valence-electron chi connectivity index (χ1n) is 9.87. The van der Waals surface area contributed by atoms with Gasteiger partial charge in [-0.3, -0.25) is 19.2 Å². The number of nitrogens with two attached hydrogens (primary N) is 1. The Morgan fingerprint density at radius 2 is 1.42 bits per heavy atom. The first-order chi connectivity index (χ1) is 14.2. The van der Waals surface area contributed by atoms with Crippen LogP contribution in [0, 0.1) is 5.41 Å². The molecule has 0 radical (unpaired) electrons. The van der Waals surface area contributed by atoms with Crippen molar-refractivity contribution in [1.29, 1.82) is 0 Å². The van der Waals surface area contributed by atoms with Gasteiger partial charge in [0.25, 0.3) is 0 Å². The van der Waals surface area contributed by atoms with Crippen molar-refractivity contribution in [3.05, 3.63) is 23.8 Å². The number of hydrogen-bond donors (Lipinski definition) is 1. The van der Waals surface area contributed by atoms with Crippen molar-refractivity contribution in [1.82, 2.24) is 0 Å². The Morgan fingerprint density at radius 1 is 0.903 bits per heavy atom. The molecule has 0 spiro atoms. The smallest absolute Gasteiger partial charge is 0.323 e. The number of benzene rings is 1. The van der Waals surface area contributed by atoms with Crippen molar-refractivity contribution in [2.24, 2.45) is 11.1 Å². The van der Waals surface area contributed by atoms with Crippen LogP contribution in [0.4, 0.5) is 0 Å². The molecule has 0 saturated heterocycles. The fraction of sp³-hybridized carbons (Fsp3) is 0.545. The zero-order valence-corrected chi connectivity index (χ0v) is 19.0. The minimum absolute atomic E-state index is 0.0388. The van der Waals surface area contributed by atoms with Crippen LogP contribution in [0.5, 0.6) is 11.5 Å². The maximum Gasteiger partial charge on any atom is 0.323 e. The van der Waals surface area contributed by atoms with Gasteiger partial charge >= 0.3 is 23.9 Å². The summed E-state index contributed by atoms with van der Waals surface area (Å²) in [5.41, 5.74) is 5.85. The van der Waals surface area contributed by atoms with Crippen molar-refractivity contribution in [2.75, 3.05) is 0 Å². The summed E-state index contributed by atoms with van der Waals surface area (Å²) < 4.78 is 20.7. The lowest BCUT2D eigenvalue weighted by Crippen LogP contribution is -2.40. The van der Waals surface area contributed by atoms with Crippen molar-refractivity contribution in [3.8, 4) is 11.5 Å². The second-order valence-corrected chi connectivity index (χ2v) is 8.28. The normalized spacial score (nSPS) is 14.1. The van der Waals surface area contributed by atoms with E-state index < -0.39 is 47.5 Å². The van der Waals surface area contributed by atoms with Gasteiger partial charge in [-0.15, -0.1) is 0 Å². The second-order valence-electron chi connectivity index (χ2n) is 8.28. The van der Waals surface area contributed by atoms with Gasteiger partial charge in [-0.25, -0.2) is 0 Å². The molecule has 1 rings (SSSR count). The van der Waals surface area contributed by atoms with Gasteiger partial charge in [-0.05, 0) is 58.7 Å². The lowest BCUT2D eigenvalue weighted by Gasteiger charge is -2.25. The predicted molar refractivity (Wildman–Crippen MR) is 111 cm³/mol. The molecule has 0 aliphatic heterocycles. The molecule has 0 saturated carbocycles. The van der Waals surface area contributed by atoms with E-state index >= 15 is 0 Å². The number of hydrogen-bond acceptors (Lipinski definition) is 9. The number of ether oxygens (including phenoxy) is 4. The van der Waals surface area contributed by atoms with E-state index in [1.165, 1.54) is 26.0 Å². The van der Waals surface area contributed by atoms with Crippen molar-refractivity contribution >= 4 is 23.9 Å². The summed E-state index contributed by atoms with van der Waals surface area (Å²) >= 11 is 0. The van der Waals surface area contributed by atoms with Crippen LogP contribution in [0.3, 0.4) is 0 Å². The van der Waals surface area contributed by atoms with E-state index in [1.807, 2.05) is 0 Å². The maximum atomic E-state index is 12.4. The van der Waals surface area contributed by atoms with Gasteiger partial charge in [-0.1, -0.05) is 6.07 Å². The number of rotatable bonds is 8. The minimum Gasteiger partial charge on any atom is -0.458 e. The molecule has 1 aromatic carbocycles. The molecule has 0 bridgehead atoms. The molecule has 0 heterocycles. The van der Waals surface area contributed by atoms with Crippen LogP contribution in [0.1, 0.15) is 54.0 Å². The summed E-state index contributed by atoms with van der Waals surface area (Å²) in [5.74, 6) is -2.14. The second kappa shape index (κ2) is 10.9. The molecule has 0 amide bonds. The summed E-state index contributed by atoms with van der Waals surface area (Å²) in [4.78, 5) is 46.9. The lowest BCUT2D eigenvalue weighted by molar-refractivity contribution is -0.171. The highest BCUT2D eigenvalue weighted by molar-refractivity contribution is 5.77. The van der Waals surface area contributed by atoms with E-state index in [0.717, 1.165) is 0 Å². The highest BCUT2D eigenvalue weighted by atomic mass is 16.6. The first-order valence-corrected chi connectivity index (χ1v) is 9.87. The average Bonchev–Trinajstić information content (AvgIpc) is 2.61. The van der Waals surface area contributed by atoms with E-state index in [4.69, 9.17) is 24.7 Å². The van der Waals surface area contributed by atoms with E-state index in [1.54, 1.807) is 40.7 Å². The Balaban J connectivity index is 2.80. The SMILES string of the molecule is CC(=O)Oc1ccc(C[C@H](N)C(=O)O[C@@H](C)[C@H](C)OC(=O)C(C)(C)C)cc1OC(C)=O. The molecule has 1 aromatic rings. The largest absolute Gasteiger partial charge is 0.458 e. The Bertz CT molecular complexity index is 827. The Kier molecular flexibility index (Phi) is 9.18. The predicted octanol–water partition coefficient (Wildman–Crippen LogP) is 2.32. The molecular weight excluding hydrogens is 406 g/mol. The van der Waals surface area contributed by atoms with Crippen LogP contribution in [0.25, 0.3) is 0 Å². The van der Waals surface area contributed by atoms with Crippen LogP contribution < -0.4 is 15.2 Å². The first kappa shape index (κ1) is 26.1. The van der Waals surface area contributed by atoms with Crippen LogP contribution in [-0.2, 0) is 35.1 Å². The third-order valence-corrected chi connectivity index (χ3v) is 4.14. The van der Waals surface area contributed by atoms with Crippen LogP contribution in [-0.4, -0.2) is 42.1 Å². The topological polar surface area (TPSA) is 131 Å². The molecule has 9 heteroatoms. The number of carbonyl (C=O) groups excluding carboxylic acids is 4. The van der Waals surface area contributed by atoms with E-state index in [-0.39, 0.29) is 17.9 Å².